The molecule has 1 aromatic heterocycles. The third-order valence-corrected chi connectivity index (χ3v) is 5.90. The topological polar surface area (TPSA) is 92.1 Å². The first kappa shape index (κ1) is 21.2. The van der Waals surface area contributed by atoms with Crippen LogP contribution in [-0.4, -0.2) is 37.9 Å². The molecule has 162 valence electrons. The van der Waals surface area contributed by atoms with E-state index in [-0.39, 0.29) is 11.9 Å². The zero-order valence-corrected chi connectivity index (χ0v) is 17.9. The summed E-state index contributed by atoms with van der Waals surface area (Å²) in [6.45, 7) is 3.59. The van der Waals surface area contributed by atoms with Crippen molar-refractivity contribution in [2.24, 2.45) is 0 Å². The second kappa shape index (κ2) is 9.41. The second-order valence-corrected chi connectivity index (χ2v) is 8.24. The molecule has 2 heterocycles. The molecule has 0 saturated carbocycles. The summed E-state index contributed by atoms with van der Waals surface area (Å²) in [5.74, 6) is 0.510. The molecule has 1 aliphatic heterocycles. The highest BCUT2D eigenvalue weighted by Gasteiger charge is 2.29. The molecule has 0 unspecified atom stereocenters. The first-order valence-corrected chi connectivity index (χ1v) is 10.8. The Labute approximate surface area is 182 Å². The zero-order valence-electron chi connectivity index (χ0n) is 17.9. The zero-order chi connectivity index (χ0) is 21.8. The lowest BCUT2D eigenvalue weighted by Gasteiger charge is -2.20. The van der Waals surface area contributed by atoms with E-state index in [1.165, 1.54) is 5.56 Å². The predicted molar refractivity (Wildman–Crippen MR) is 120 cm³/mol. The number of rotatable bonds is 7. The molecule has 7 nitrogen and oxygen atoms in total. The number of aromatic nitrogens is 3. The van der Waals surface area contributed by atoms with Gasteiger partial charge < -0.3 is 15.7 Å². The van der Waals surface area contributed by atoms with Crippen LogP contribution in [0.3, 0.4) is 0 Å². The maximum absolute atomic E-state index is 12.5. The number of aryl methyl sites for hydroxylation is 1. The molecule has 0 spiro atoms. The van der Waals surface area contributed by atoms with Crippen molar-refractivity contribution >= 4 is 11.6 Å². The lowest BCUT2D eigenvalue weighted by atomic mass is 10.0. The van der Waals surface area contributed by atoms with E-state index in [0.717, 1.165) is 30.5 Å². The summed E-state index contributed by atoms with van der Waals surface area (Å²) in [5, 5.41) is 21.4. The van der Waals surface area contributed by atoms with Crippen LogP contribution in [0.4, 0.5) is 5.69 Å². The Morgan fingerprint density at radius 1 is 1.19 bits per heavy atom. The van der Waals surface area contributed by atoms with E-state index in [9.17, 15) is 9.90 Å². The Morgan fingerprint density at radius 3 is 2.61 bits per heavy atom. The van der Waals surface area contributed by atoms with Crippen LogP contribution in [0, 0.1) is 6.92 Å². The number of nitrogens with one attached hydrogen (secondary N) is 2. The summed E-state index contributed by atoms with van der Waals surface area (Å²) in [5.41, 5.74) is 2.91. The van der Waals surface area contributed by atoms with Gasteiger partial charge in [-0.2, -0.15) is 5.10 Å². The van der Waals surface area contributed by atoms with Gasteiger partial charge in [-0.3, -0.25) is 4.79 Å². The second-order valence-electron chi connectivity index (χ2n) is 8.24. The van der Waals surface area contributed by atoms with Crippen LogP contribution in [0.15, 0.2) is 60.9 Å². The van der Waals surface area contributed by atoms with E-state index in [1.54, 1.807) is 24.9 Å². The van der Waals surface area contributed by atoms with Gasteiger partial charge in [-0.1, -0.05) is 42.5 Å². The molecule has 1 saturated heterocycles. The largest absolute Gasteiger partial charge is 0.387 e. The monoisotopic (exact) mass is 419 g/mol. The lowest BCUT2D eigenvalue weighted by Crippen LogP contribution is -2.35. The Kier molecular flexibility index (Phi) is 6.44. The first-order chi connectivity index (χ1) is 15.0. The number of hydrogen-bond donors (Lipinski definition) is 3. The average molecular weight is 420 g/mol. The molecule has 1 aliphatic rings. The number of amides is 1. The SMILES string of the molecule is Cc1ncn([C@@H](C)C(=O)Nc2ccc(C[C@@H]3CC[C@H]([C@H](O)c4ccccc4)N3)cc2)n1. The van der Waals surface area contributed by atoms with Crippen molar-refractivity contribution in [2.45, 2.75) is 57.3 Å². The molecule has 0 aliphatic carbocycles. The van der Waals surface area contributed by atoms with Gasteiger partial charge in [0.15, 0.2) is 0 Å². The number of aliphatic hydroxyl groups excluding tert-OH is 1. The average Bonchev–Trinajstić information content (AvgIpc) is 3.44. The number of carbonyl (C=O) groups excluding carboxylic acids is 1. The van der Waals surface area contributed by atoms with Crippen molar-refractivity contribution in [3.8, 4) is 0 Å². The number of benzene rings is 2. The minimum atomic E-state index is -0.487. The number of aliphatic hydroxyl groups is 1. The molecule has 4 atom stereocenters. The summed E-state index contributed by atoms with van der Waals surface area (Å²) in [7, 11) is 0. The van der Waals surface area contributed by atoms with Crippen molar-refractivity contribution in [2.75, 3.05) is 5.32 Å². The van der Waals surface area contributed by atoms with Gasteiger partial charge in [0, 0.05) is 17.8 Å². The quantitative estimate of drug-likeness (QED) is 0.547. The number of hydrogen-bond acceptors (Lipinski definition) is 5. The highest BCUT2D eigenvalue weighted by Crippen LogP contribution is 2.27. The number of anilines is 1. The normalized spacial score (nSPS) is 20.4. The Bertz CT molecular complexity index is 1000. The highest BCUT2D eigenvalue weighted by atomic mass is 16.3. The summed E-state index contributed by atoms with van der Waals surface area (Å²) in [4.78, 5) is 16.5. The van der Waals surface area contributed by atoms with Gasteiger partial charge in [0.05, 0.1) is 6.10 Å². The third-order valence-electron chi connectivity index (χ3n) is 5.90. The van der Waals surface area contributed by atoms with Crippen LogP contribution in [0.1, 0.15) is 48.9 Å². The minimum Gasteiger partial charge on any atom is -0.387 e. The summed E-state index contributed by atoms with van der Waals surface area (Å²) in [6, 6.07) is 17.7. The number of nitrogens with zero attached hydrogens (tertiary/aromatic N) is 3. The van der Waals surface area contributed by atoms with E-state index < -0.39 is 12.1 Å². The van der Waals surface area contributed by atoms with Gasteiger partial charge in [-0.05, 0) is 56.4 Å². The van der Waals surface area contributed by atoms with E-state index in [0.29, 0.717) is 11.9 Å². The maximum Gasteiger partial charge on any atom is 0.249 e. The van der Waals surface area contributed by atoms with E-state index in [1.807, 2.05) is 54.6 Å². The fraction of sp³-hybridized carbons (Fsp3) is 0.375. The van der Waals surface area contributed by atoms with Crippen molar-refractivity contribution in [1.29, 1.82) is 0 Å². The van der Waals surface area contributed by atoms with Crippen molar-refractivity contribution in [1.82, 2.24) is 20.1 Å². The Hall–Kier alpha value is -3.03. The summed E-state index contributed by atoms with van der Waals surface area (Å²) >= 11 is 0. The fourth-order valence-electron chi connectivity index (χ4n) is 4.07. The molecule has 3 aromatic rings. The van der Waals surface area contributed by atoms with Gasteiger partial charge in [0.25, 0.3) is 0 Å². The van der Waals surface area contributed by atoms with Crippen molar-refractivity contribution < 1.29 is 9.90 Å². The third kappa shape index (κ3) is 5.18. The van der Waals surface area contributed by atoms with Gasteiger partial charge in [-0.25, -0.2) is 9.67 Å². The minimum absolute atomic E-state index is 0.0767. The van der Waals surface area contributed by atoms with Gasteiger partial charge >= 0.3 is 0 Å². The van der Waals surface area contributed by atoms with Crippen LogP contribution in [-0.2, 0) is 11.2 Å². The summed E-state index contributed by atoms with van der Waals surface area (Å²) in [6.07, 6.45) is 3.95. The molecular formula is C24H29N5O2. The smallest absolute Gasteiger partial charge is 0.249 e. The number of carbonyl (C=O) groups is 1. The van der Waals surface area contributed by atoms with Crippen LogP contribution in [0.5, 0.6) is 0 Å². The standard InChI is InChI=1S/C24H29N5O2/c1-16(29-15-25-17(2)28-29)24(31)27-20-10-8-18(9-11-20)14-21-12-13-22(26-21)23(30)19-6-4-3-5-7-19/h3-11,15-16,21-23,26,30H,12-14H2,1-2H3,(H,27,31)/t16-,21-,22+,23+/m0/s1. The molecule has 2 aromatic carbocycles. The molecule has 7 heteroatoms. The van der Waals surface area contributed by atoms with E-state index in [2.05, 4.69) is 20.7 Å². The lowest BCUT2D eigenvalue weighted by molar-refractivity contribution is -0.119. The molecular weight excluding hydrogens is 390 g/mol. The predicted octanol–water partition coefficient (Wildman–Crippen LogP) is 3.18. The summed E-state index contributed by atoms with van der Waals surface area (Å²) < 4.78 is 1.56. The van der Waals surface area contributed by atoms with Gasteiger partial charge in [0.2, 0.25) is 5.91 Å². The molecule has 0 bridgehead atoms. The van der Waals surface area contributed by atoms with Gasteiger partial charge in [0.1, 0.15) is 18.2 Å². The maximum atomic E-state index is 12.5. The van der Waals surface area contributed by atoms with Crippen LogP contribution >= 0.6 is 0 Å². The van der Waals surface area contributed by atoms with E-state index >= 15 is 0 Å². The molecule has 3 N–H and O–H groups in total. The molecule has 1 amide bonds. The molecule has 4 rings (SSSR count). The fourth-order valence-corrected chi connectivity index (χ4v) is 4.07. The van der Waals surface area contributed by atoms with Crippen LogP contribution in [0.2, 0.25) is 0 Å². The molecule has 0 radical (unpaired) electrons. The van der Waals surface area contributed by atoms with Crippen molar-refractivity contribution in [3.05, 3.63) is 77.9 Å². The van der Waals surface area contributed by atoms with Gasteiger partial charge in [-0.15, -0.1) is 0 Å². The Balaban J connectivity index is 1.29. The van der Waals surface area contributed by atoms with Crippen molar-refractivity contribution in [3.63, 3.8) is 0 Å². The van der Waals surface area contributed by atoms with E-state index in [4.69, 9.17) is 0 Å². The van der Waals surface area contributed by atoms with Crippen LogP contribution in [0.25, 0.3) is 0 Å². The van der Waals surface area contributed by atoms with Crippen LogP contribution < -0.4 is 10.6 Å². The Morgan fingerprint density at radius 2 is 1.94 bits per heavy atom. The molecule has 31 heavy (non-hydrogen) atoms. The first-order valence-electron chi connectivity index (χ1n) is 10.8. The highest BCUT2D eigenvalue weighted by molar-refractivity contribution is 5.93. The molecule has 1 fully saturated rings.